The average molecular weight is 426 g/mol. The first kappa shape index (κ1) is 18.9. The van der Waals surface area contributed by atoms with Crippen LogP contribution in [0.1, 0.15) is 24.1 Å². The molecule has 3 aromatic heterocycles. The zero-order valence-corrected chi connectivity index (χ0v) is 15.9. The number of hydrogen-bond acceptors (Lipinski definition) is 7. The summed E-state index contributed by atoms with van der Waals surface area (Å²) >= 11 is 0. The van der Waals surface area contributed by atoms with Crippen molar-refractivity contribution in [3.05, 3.63) is 68.6 Å². The number of hydrogen-bond donors (Lipinski definition) is 4. The predicted octanol–water partition coefficient (Wildman–Crippen LogP) is 0.347. The van der Waals surface area contributed by atoms with Crippen LogP contribution in [-0.4, -0.2) is 40.7 Å². The summed E-state index contributed by atoms with van der Waals surface area (Å²) < 4.78 is 28.1. The van der Waals surface area contributed by atoms with Crippen molar-refractivity contribution < 1.29 is 13.9 Å². The van der Waals surface area contributed by atoms with Crippen LogP contribution in [0.15, 0.2) is 34.2 Å². The second-order valence-electron chi connectivity index (χ2n) is 7.13. The molecule has 0 radical (unpaired) electrons. The lowest BCUT2D eigenvalue weighted by Crippen LogP contribution is -2.24. The first-order valence-electron chi connectivity index (χ1n) is 9.47. The standard InChI is InChI=1S/C19H16F2N8O2/c20-12-4-1-9(5-13(12)21)7-22-17-26-15-10(6-14-16(30)27-19(31)25-14)8-23-29(15)18(28-17)24-11-2-3-11/h1,4-6,8,11,30H,2-3,7H2,(H,22,24,28)(H2,25,27,31)/b10-6+. The SMILES string of the molecule is O=c1[nH]c(O)c(/C=c2\cnn3c(=NC4CC4)nc(NCc4ccc(F)c(F)c4)nc23)[nH]1. The van der Waals surface area contributed by atoms with E-state index in [0.29, 0.717) is 22.0 Å². The summed E-state index contributed by atoms with van der Waals surface area (Å²) in [6, 6.07) is 3.78. The smallest absolute Gasteiger partial charge is 0.326 e. The molecule has 4 aromatic rings. The molecule has 1 saturated carbocycles. The van der Waals surface area contributed by atoms with Crippen molar-refractivity contribution in [3.8, 4) is 5.88 Å². The Hall–Kier alpha value is -4.09. The minimum absolute atomic E-state index is 0.162. The maximum Gasteiger partial charge on any atom is 0.326 e. The van der Waals surface area contributed by atoms with Crippen molar-refractivity contribution in [3.63, 3.8) is 0 Å². The Morgan fingerprint density at radius 2 is 2.10 bits per heavy atom. The number of imidazole rings is 1. The highest BCUT2D eigenvalue weighted by Gasteiger charge is 2.21. The molecule has 10 nitrogen and oxygen atoms in total. The molecule has 0 atom stereocenters. The van der Waals surface area contributed by atoms with E-state index in [1.54, 1.807) is 0 Å². The minimum Gasteiger partial charge on any atom is -0.493 e. The van der Waals surface area contributed by atoms with Gasteiger partial charge in [-0.1, -0.05) is 6.07 Å². The zero-order chi connectivity index (χ0) is 21.5. The van der Waals surface area contributed by atoms with Gasteiger partial charge in [0.25, 0.3) is 5.62 Å². The van der Waals surface area contributed by atoms with Gasteiger partial charge in [-0.25, -0.2) is 18.6 Å². The second-order valence-corrected chi connectivity index (χ2v) is 7.13. The highest BCUT2D eigenvalue weighted by Crippen LogP contribution is 2.22. The fraction of sp³-hybridized carbons (Fsp3) is 0.211. The monoisotopic (exact) mass is 426 g/mol. The molecule has 31 heavy (non-hydrogen) atoms. The van der Waals surface area contributed by atoms with Gasteiger partial charge in [0.2, 0.25) is 11.8 Å². The quantitative estimate of drug-likeness (QED) is 0.364. The molecule has 4 N–H and O–H groups in total. The Kier molecular flexibility index (Phi) is 4.46. The molecule has 0 aliphatic heterocycles. The highest BCUT2D eigenvalue weighted by atomic mass is 19.2. The van der Waals surface area contributed by atoms with Crippen LogP contribution in [0, 0.1) is 11.6 Å². The molecule has 1 fully saturated rings. The van der Waals surface area contributed by atoms with Crippen LogP contribution >= 0.6 is 0 Å². The van der Waals surface area contributed by atoms with Crippen molar-refractivity contribution in [1.29, 1.82) is 0 Å². The Bertz CT molecular complexity index is 1470. The fourth-order valence-electron chi connectivity index (χ4n) is 2.99. The molecule has 5 rings (SSSR count). The Labute approximate surface area is 172 Å². The summed E-state index contributed by atoms with van der Waals surface area (Å²) in [4.78, 5) is 29.5. The van der Waals surface area contributed by atoms with Crippen molar-refractivity contribution in [2.24, 2.45) is 4.99 Å². The van der Waals surface area contributed by atoms with E-state index in [1.165, 1.54) is 22.9 Å². The van der Waals surface area contributed by atoms with Gasteiger partial charge in [-0.2, -0.15) is 19.6 Å². The fourth-order valence-corrected chi connectivity index (χ4v) is 2.99. The number of fused-ring (bicyclic) bond motifs is 1. The van der Waals surface area contributed by atoms with Crippen molar-refractivity contribution >= 4 is 17.7 Å². The maximum absolute atomic E-state index is 13.5. The molecule has 1 aromatic carbocycles. The first-order chi connectivity index (χ1) is 15.0. The molecular formula is C19H16F2N8O2. The number of aromatic hydroxyl groups is 1. The van der Waals surface area contributed by atoms with Gasteiger partial charge in [0.15, 0.2) is 17.3 Å². The van der Waals surface area contributed by atoms with Crippen LogP contribution in [0.3, 0.4) is 0 Å². The number of H-pyrrole nitrogens is 2. The topological polar surface area (TPSA) is 136 Å². The lowest BCUT2D eigenvalue weighted by molar-refractivity contribution is 0.454. The molecule has 0 unspecified atom stereocenters. The van der Waals surface area contributed by atoms with E-state index in [-0.39, 0.29) is 30.1 Å². The van der Waals surface area contributed by atoms with Gasteiger partial charge in [0.1, 0.15) is 5.69 Å². The van der Waals surface area contributed by atoms with Gasteiger partial charge in [-0.3, -0.25) is 4.98 Å². The summed E-state index contributed by atoms with van der Waals surface area (Å²) in [7, 11) is 0. The van der Waals surface area contributed by atoms with Crippen LogP contribution < -0.4 is 21.8 Å². The van der Waals surface area contributed by atoms with Crippen LogP contribution in [0.2, 0.25) is 0 Å². The van der Waals surface area contributed by atoms with Crippen molar-refractivity contribution in [1.82, 2.24) is 29.5 Å². The first-order valence-corrected chi connectivity index (χ1v) is 9.47. The van der Waals surface area contributed by atoms with Crippen LogP contribution in [0.5, 0.6) is 5.88 Å². The van der Waals surface area contributed by atoms with Gasteiger partial charge in [0, 0.05) is 11.8 Å². The molecular weight excluding hydrogens is 410 g/mol. The highest BCUT2D eigenvalue weighted by molar-refractivity contribution is 5.57. The van der Waals surface area contributed by atoms with Gasteiger partial charge < -0.3 is 15.4 Å². The third-order valence-electron chi connectivity index (χ3n) is 4.69. The average Bonchev–Trinajstić information content (AvgIpc) is 3.37. The summed E-state index contributed by atoms with van der Waals surface area (Å²) in [5, 5.41) is 17.6. The van der Waals surface area contributed by atoms with Crippen molar-refractivity contribution in [2.45, 2.75) is 25.4 Å². The lowest BCUT2D eigenvalue weighted by Gasteiger charge is -2.06. The molecule has 0 bridgehead atoms. The zero-order valence-electron chi connectivity index (χ0n) is 15.9. The number of aromatic nitrogens is 6. The summed E-state index contributed by atoms with van der Waals surface area (Å²) in [5.74, 6) is -1.94. The summed E-state index contributed by atoms with van der Waals surface area (Å²) in [5.41, 5.74) is 0.872. The van der Waals surface area contributed by atoms with E-state index in [4.69, 9.17) is 0 Å². The van der Waals surface area contributed by atoms with E-state index in [1.807, 2.05) is 0 Å². The minimum atomic E-state index is -0.937. The summed E-state index contributed by atoms with van der Waals surface area (Å²) in [6.45, 7) is 0.162. The maximum atomic E-state index is 13.5. The normalized spacial score (nSPS) is 15.2. The lowest BCUT2D eigenvalue weighted by atomic mass is 10.2. The molecule has 0 saturated heterocycles. The van der Waals surface area contributed by atoms with E-state index in [0.717, 1.165) is 25.0 Å². The van der Waals surface area contributed by atoms with E-state index >= 15 is 0 Å². The number of halogens is 2. The van der Waals surface area contributed by atoms with Gasteiger partial charge in [-0.05, 0) is 36.6 Å². The van der Waals surface area contributed by atoms with E-state index in [9.17, 15) is 18.7 Å². The molecule has 1 aliphatic rings. The largest absolute Gasteiger partial charge is 0.493 e. The van der Waals surface area contributed by atoms with Gasteiger partial charge >= 0.3 is 5.69 Å². The Balaban J connectivity index is 1.57. The molecule has 158 valence electrons. The van der Waals surface area contributed by atoms with E-state index in [2.05, 4.69) is 35.3 Å². The third-order valence-corrected chi connectivity index (χ3v) is 4.69. The van der Waals surface area contributed by atoms with Crippen LogP contribution in [-0.2, 0) is 6.54 Å². The second kappa shape index (κ2) is 7.31. The number of nitrogens with zero attached hydrogens (tertiary/aromatic N) is 5. The predicted molar refractivity (Wildman–Crippen MR) is 105 cm³/mol. The van der Waals surface area contributed by atoms with Crippen LogP contribution in [0.25, 0.3) is 11.7 Å². The number of aromatic amines is 2. The molecule has 3 heterocycles. The van der Waals surface area contributed by atoms with E-state index < -0.39 is 17.3 Å². The van der Waals surface area contributed by atoms with Gasteiger partial charge in [0.05, 0.1) is 12.2 Å². The summed E-state index contributed by atoms with van der Waals surface area (Å²) in [6.07, 6.45) is 4.95. The number of rotatable bonds is 5. The number of benzene rings is 1. The Morgan fingerprint density at radius 3 is 2.81 bits per heavy atom. The number of nitrogens with one attached hydrogen (secondary N) is 3. The van der Waals surface area contributed by atoms with Gasteiger partial charge in [-0.15, -0.1) is 0 Å². The molecule has 12 heteroatoms. The van der Waals surface area contributed by atoms with Crippen molar-refractivity contribution in [2.75, 3.05) is 5.32 Å². The molecule has 1 aliphatic carbocycles. The Morgan fingerprint density at radius 1 is 1.26 bits per heavy atom. The third kappa shape index (κ3) is 3.86. The molecule has 0 spiro atoms. The number of anilines is 1. The molecule has 0 amide bonds. The van der Waals surface area contributed by atoms with Crippen LogP contribution in [0.4, 0.5) is 14.7 Å².